The molecule has 0 bridgehead atoms. The monoisotopic (exact) mass is 324 g/mol. The number of para-hydroxylation sites is 3. The van der Waals surface area contributed by atoms with Crippen LogP contribution < -0.4 is 15.0 Å². The number of rotatable bonds is 8. The molecule has 0 fully saturated rings. The van der Waals surface area contributed by atoms with E-state index in [0.29, 0.717) is 13.2 Å². The SMILES string of the molecule is C=C(C)COc1ccccc1NCC(=O)N(CC)c1ccccc1. The van der Waals surface area contributed by atoms with E-state index < -0.39 is 0 Å². The van der Waals surface area contributed by atoms with Crippen LogP contribution in [-0.2, 0) is 4.79 Å². The summed E-state index contributed by atoms with van der Waals surface area (Å²) in [5.41, 5.74) is 2.65. The first-order chi connectivity index (χ1) is 11.6. The van der Waals surface area contributed by atoms with E-state index in [-0.39, 0.29) is 12.5 Å². The molecule has 1 amide bonds. The van der Waals surface area contributed by atoms with Gasteiger partial charge in [-0.1, -0.05) is 36.9 Å². The molecular formula is C20H24N2O2. The van der Waals surface area contributed by atoms with Crippen LogP contribution in [0.25, 0.3) is 0 Å². The number of carbonyl (C=O) groups excluding carboxylic acids is 1. The number of anilines is 2. The fourth-order valence-electron chi connectivity index (χ4n) is 2.32. The van der Waals surface area contributed by atoms with Crippen LogP contribution in [0.1, 0.15) is 13.8 Å². The summed E-state index contributed by atoms with van der Waals surface area (Å²) >= 11 is 0. The Hall–Kier alpha value is -2.75. The summed E-state index contributed by atoms with van der Waals surface area (Å²) in [6, 6.07) is 17.3. The molecule has 0 aliphatic heterocycles. The van der Waals surface area contributed by atoms with Gasteiger partial charge in [0, 0.05) is 12.2 Å². The Balaban J connectivity index is 2.02. The Morgan fingerprint density at radius 3 is 2.46 bits per heavy atom. The highest BCUT2D eigenvalue weighted by Crippen LogP contribution is 2.24. The molecule has 126 valence electrons. The first-order valence-corrected chi connectivity index (χ1v) is 8.07. The number of hydrogen-bond donors (Lipinski definition) is 1. The lowest BCUT2D eigenvalue weighted by atomic mass is 10.2. The van der Waals surface area contributed by atoms with E-state index >= 15 is 0 Å². The number of ether oxygens (including phenoxy) is 1. The summed E-state index contributed by atoms with van der Waals surface area (Å²) in [5, 5.41) is 3.18. The third kappa shape index (κ3) is 4.88. The molecular weight excluding hydrogens is 300 g/mol. The van der Waals surface area contributed by atoms with Crippen LogP contribution in [0.5, 0.6) is 5.75 Å². The quantitative estimate of drug-likeness (QED) is 0.743. The molecule has 0 unspecified atom stereocenters. The topological polar surface area (TPSA) is 41.6 Å². The molecule has 0 heterocycles. The normalized spacial score (nSPS) is 10.1. The van der Waals surface area contributed by atoms with Crippen molar-refractivity contribution in [3.05, 3.63) is 66.7 Å². The molecule has 0 radical (unpaired) electrons. The van der Waals surface area contributed by atoms with Gasteiger partial charge in [0.05, 0.1) is 12.2 Å². The van der Waals surface area contributed by atoms with Crippen LogP contribution in [0, 0.1) is 0 Å². The van der Waals surface area contributed by atoms with E-state index in [2.05, 4.69) is 11.9 Å². The van der Waals surface area contributed by atoms with Crippen molar-refractivity contribution >= 4 is 17.3 Å². The molecule has 24 heavy (non-hydrogen) atoms. The zero-order chi connectivity index (χ0) is 17.4. The van der Waals surface area contributed by atoms with Gasteiger partial charge in [0.1, 0.15) is 12.4 Å². The first-order valence-electron chi connectivity index (χ1n) is 8.07. The van der Waals surface area contributed by atoms with Gasteiger partial charge in [-0.15, -0.1) is 0 Å². The lowest BCUT2D eigenvalue weighted by molar-refractivity contribution is -0.116. The summed E-state index contributed by atoms with van der Waals surface area (Å²) in [6.45, 7) is 9.00. The molecule has 0 saturated heterocycles. The van der Waals surface area contributed by atoms with Crippen molar-refractivity contribution in [3.8, 4) is 5.75 Å². The van der Waals surface area contributed by atoms with Crippen molar-refractivity contribution in [2.75, 3.05) is 29.9 Å². The third-order valence-corrected chi connectivity index (χ3v) is 3.48. The van der Waals surface area contributed by atoms with Crippen molar-refractivity contribution in [2.45, 2.75) is 13.8 Å². The van der Waals surface area contributed by atoms with Gasteiger partial charge in [0.25, 0.3) is 0 Å². The molecule has 2 rings (SSSR count). The van der Waals surface area contributed by atoms with Gasteiger partial charge in [-0.05, 0) is 43.7 Å². The zero-order valence-electron chi connectivity index (χ0n) is 14.3. The second-order valence-corrected chi connectivity index (χ2v) is 5.57. The number of benzene rings is 2. The molecule has 0 aliphatic carbocycles. The highest BCUT2D eigenvalue weighted by Gasteiger charge is 2.14. The first kappa shape index (κ1) is 17.6. The predicted molar refractivity (Wildman–Crippen MR) is 99.7 cm³/mol. The molecule has 0 aromatic heterocycles. The zero-order valence-corrected chi connectivity index (χ0v) is 14.3. The Labute approximate surface area is 143 Å². The second kappa shape index (κ2) is 8.77. The highest BCUT2D eigenvalue weighted by molar-refractivity contribution is 5.96. The fraction of sp³-hybridized carbons (Fsp3) is 0.250. The summed E-state index contributed by atoms with van der Waals surface area (Å²) in [7, 11) is 0. The lowest BCUT2D eigenvalue weighted by Crippen LogP contribution is -2.35. The largest absolute Gasteiger partial charge is 0.487 e. The maximum absolute atomic E-state index is 12.5. The Kier molecular flexibility index (Phi) is 6.43. The number of hydrogen-bond acceptors (Lipinski definition) is 3. The fourth-order valence-corrected chi connectivity index (χ4v) is 2.32. The molecule has 0 spiro atoms. The van der Waals surface area contributed by atoms with E-state index in [1.165, 1.54) is 0 Å². The van der Waals surface area contributed by atoms with E-state index in [1.807, 2.05) is 68.4 Å². The van der Waals surface area contributed by atoms with E-state index in [1.54, 1.807) is 4.90 Å². The molecule has 1 N–H and O–H groups in total. The minimum atomic E-state index is 0.0124. The van der Waals surface area contributed by atoms with Crippen molar-refractivity contribution in [2.24, 2.45) is 0 Å². The van der Waals surface area contributed by atoms with Crippen LogP contribution in [0.15, 0.2) is 66.7 Å². The highest BCUT2D eigenvalue weighted by atomic mass is 16.5. The van der Waals surface area contributed by atoms with E-state index in [4.69, 9.17) is 4.74 Å². The minimum absolute atomic E-state index is 0.0124. The standard InChI is InChI=1S/C20H24N2O2/c1-4-22(17-10-6-5-7-11-17)20(23)14-21-18-12-8-9-13-19(18)24-15-16(2)3/h5-13,21H,2,4,14-15H2,1,3H3. The second-order valence-electron chi connectivity index (χ2n) is 5.57. The Morgan fingerprint density at radius 1 is 1.12 bits per heavy atom. The van der Waals surface area contributed by atoms with Crippen molar-refractivity contribution in [1.82, 2.24) is 0 Å². The van der Waals surface area contributed by atoms with E-state index in [0.717, 1.165) is 22.7 Å². The van der Waals surface area contributed by atoms with Gasteiger partial charge in [0.15, 0.2) is 0 Å². The van der Waals surface area contributed by atoms with Gasteiger partial charge in [-0.2, -0.15) is 0 Å². The van der Waals surface area contributed by atoms with Gasteiger partial charge in [-0.25, -0.2) is 0 Å². The van der Waals surface area contributed by atoms with Gasteiger partial charge in [-0.3, -0.25) is 4.79 Å². The molecule has 2 aromatic rings. The van der Waals surface area contributed by atoms with Crippen LogP contribution in [0.2, 0.25) is 0 Å². The maximum atomic E-state index is 12.5. The summed E-state index contributed by atoms with van der Waals surface area (Å²) in [6.07, 6.45) is 0. The number of nitrogens with one attached hydrogen (secondary N) is 1. The lowest BCUT2D eigenvalue weighted by Gasteiger charge is -2.22. The van der Waals surface area contributed by atoms with Crippen molar-refractivity contribution in [3.63, 3.8) is 0 Å². The molecule has 0 aliphatic rings. The Bertz CT molecular complexity index is 683. The summed E-state index contributed by atoms with van der Waals surface area (Å²) in [4.78, 5) is 14.3. The number of carbonyl (C=O) groups is 1. The maximum Gasteiger partial charge on any atom is 0.246 e. The van der Waals surface area contributed by atoms with Gasteiger partial charge >= 0.3 is 0 Å². The van der Waals surface area contributed by atoms with E-state index in [9.17, 15) is 4.79 Å². The number of likely N-dealkylation sites (N-methyl/N-ethyl adjacent to an activating group) is 1. The third-order valence-electron chi connectivity index (χ3n) is 3.48. The number of nitrogens with zero attached hydrogens (tertiary/aromatic N) is 1. The van der Waals surface area contributed by atoms with Crippen molar-refractivity contribution in [1.29, 1.82) is 0 Å². The number of amides is 1. The molecule has 0 atom stereocenters. The Morgan fingerprint density at radius 2 is 1.79 bits per heavy atom. The minimum Gasteiger partial charge on any atom is -0.487 e. The van der Waals surface area contributed by atoms with Crippen LogP contribution in [-0.4, -0.2) is 25.6 Å². The van der Waals surface area contributed by atoms with Crippen LogP contribution in [0.4, 0.5) is 11.4 Å². The smallest absolute Gasteiger partial charge is 0.246 e. The van der Waals surface area contributed by atoms with Crippen LogP contribution >= 0.6 is 0 Å². The van der Waals surface area contributed by atoms with Gasteiger partial charge in [0.2, 0.25) is 5.91 Å². The molecule has 2 aromatic carbocycles. The molecule has 0 saturated carbocycles. The predicted octanol–water partition coefficient (Wildman–Crippen LogP) is 4.11. The summed E-state index contributed by atoms with van der Waals surface area (Å²) in [5.74, 6) is 0.731. The average molecular weight is 324 g/mol. The van der Waals surface area contributed by atoms with Crippen LogP contribution in [0.3, 0.4) is 0 Å². The molecule has 4 heteroatoms. The van der Waals surface area contributed by atoms with Gasteiger partial charge < -0.3 is 15.0 Å². The van der Waals surface area contributed by atoms with Crippen molar-refractivity contribution < 1.29 is 9.53 Å². The molecule has 4 nitrogen and oxygen atoms in total. The average Bonchev–Trinajstić information content (AvgIpc) is 2.60. The summed E-state index contributed by atoms with van der Waals surface area (Å²) < 4.78 is 5.72.